The van der Waals surface area contributed by atoms with Crippen LogP contribution in [0.15, 0.2) is 41.8 Å². The van der Waals surface area contributed by atoms with Crippen LogP contribution in [0.1, 0.15) is 28.8 Å². The third kappa shape index (κ3) is 4.00. The molecule has 130 valence electrons. The zero-order valence-corrected chi connectivity index (χ0v) is 15.1. The number of nitrogens with zero attached hydrogens (tertiary/aromatic N) is 1. The molecule has 25 heavy (non-hydrogen) atoms. The minimum absolute atomic E-state index is 0.141. The highest BCUT2D eigenvalue weighted by molar-refractivity contribution is 7.92. The molecule has 1 aromatic heterocycles. The Morgan fingerprint density at radius 3 is 2.56 bits per heavy atom. The van der Waals surface area contributed by atoms with Crippen molar-refractivity contribution in [3.05, 3.63) is 52.2 Å². The van der Waals surface area contributed by atoms with Crippen LogP contribution in [0.25, 0.3) is 0 Å². The van der Waals surface area contributed by atoms with Gasteiger partial charge in [0.15, 0.2) is 0 Å². The van der Waals surface area contributed by atoms with Gasteiger partial charge in [-0.2, -0.15) is 5.26 Å². The lowest BCUT2D eigenvalue weighted by atomic mass is 9.80. The van der Waals surface area contributed by atoms with Crippen LogP contribution >= 0.6 is 11.3 Å². The summed E-state index contributed by atoms with van der Waals surface area (Å²) in [7, 11) is -3.33. The van der Waals surface area contributed by atoms with Gasteiger partial charge in [-0.15, -0.1) is 11.3 Å². The number of sulfonamides is 1. The molecule has 3 atom stereocenters. The maximum Gasteiger partial charge on any atom is 0.238 e. The number of carbonyl (C=O) groups is 1. The molecular formula is C17H17N3O3S2. The highest BCUT2D eigenvalue weighted by Crippen LogP contribution is 2.40. The number of rotatable bonds is 4. The summed E-state index contributed by atoms with van der Waals surface area (Å²) in [5, 5.41) is 14.2. The maximum absolute atomic E-state index is 12.3. The molecule has 3 rings (SSSR count). The lowest BCUT2D eigenvalue weighted by Crippen LogP contribution is -2.42. The number of benzene rings is 1. The van der Waals surface area contributed by atoms with E-state index < -0.39 is 15.9 Å². The molecule has 1 saturated heterocycles. The highest BCUT2D eigenvalue weighted by atomic mass is 32.2. The van der Waals surface area contributed by atoms with Gasteiger partial charge in [-0.25, -0.2) is 8.42 Å². The van der Waals surface area contributed by atoms with Crippen LogP contribution in [0.5, 0.6) is 0 Å². The number of amides is 1. The van der Waals surface area contributed by atoms with Crippen LogP contribution in [0.4, 0.5) is 5.69 Å². The third-order valence-electron chi connectivity index (χ3n) is 4.15. The molecule has 0 spiro atoms. The molecule has 6 nitrogen and oxygen atoms in total. The number of thiophene rings is 1. The Bertz CT molecular complexity index is 900. The minimum atomic E-state index is -3.33. The van der Waals surface area contributed by atoms with Gasteiger partial charge in [0, 0.05) is 16.5 Å². The fraction of sp³-hybridized carbons (Fsp3) is 0.294. The number of piperidine rings is 1. The minimum Gasteiger partial charge on any atom is -0.348 e. The first-order chi connectivity index (χ1) is 11.9. The molecule has 1 aromatic carbocycles. The zero-order chi connectivity index (χ0) is 18.0. The Kier molecular flexibility index (Phi) is 4.79. The lowest BCUT2D eigenvalue weighted by molar-refractivity contribution is -0.126. The van der Waals surface area contributed by atoms with Crippen LogP contribution in [-0.4, -0.2) is 20.6 Å². The molecule has 0 bridgehead atoms. The fourth-order valence-corrected chi connectivity index (χ4v) is 4.48. The van der Waals surface area contributed by atoms with E-state index in [4.69, 9.17) is 0 Å². The van der Waals surface area contributed by atoms with Gasteiger partial charge < -0.3 is 5.32 Å². The average molecular weight is 375 g/mol. The number of carbonyl (C=O) groups excluding carboxylic acids is 1. The van der Waals surface area contributed by atoms with E-state index in [-0.39, 0.29) is 17.9 Å². The number of hydrogen-bond acceptors (Lipinski definition) is 5. The summed E-state index contributed by atoms with van der Waals surface area (Å²) in [6, 6.07) is 12.7. The second kappa shape index (κ2) is 6.86. The topological polar surface area (TPSA) is 99.1 Å². The van der Waals surface area contributed by atoms with Gasteiger partial charge in [0.25, 0.3) is 0 Å². The van der Waals surface area contributed by atoms with Gasteiger partial charge in [0.2, 0.25) is 15.9 Å². The van der Waals surface area contributed by atoms with Crippen molar-refractivity contribution >= 4 is 33.0 Å². The summed E-state index contributed by atoms with van der Waals surface area (Å²) in [5.74, 6) is -1.10. The summed E-state index contributed by atoms with van der Waals surface area (Å²) in [5.41, 5.74) is 1.35. The smallest absolute Gasteiger partial charge is 0.238 e. The van der Waals surface area contributed by atoms with Crippen LogP contribution in [-0.2, 0) is 14.8 Å². The van der Waals surface area contributed by atoms with E-state index in [0.717, 1.165) is 16.7 Å². The van der Waals surface area contributed by atoms with Crippen molar-refractivity contribution in [2.75, 3.05) is 11.0 Å². The first kappa shape index (κ1) is 17.5. The van der Waals surface area contributed by atoms with E-state index in [2.05, 4.69) is 16.1 Å². The van der Waals surface area contributed by atoms with Gasteiger partial charge >= 0.3 is 0 Å². The molecule has 1 amide bonds. The second-order valence-corrected chi connectivity index (χ2v) is 8.75. The van der Waals surface area contributed by atoms with Gasteiger partial charge in [0.05, 0.1) is 18.4 Å². The first-order valence-electron chi connectivity index (χ1n) is 7.68. The summed E-state index contributed by atoms with van der Waals surface area (Å²) in [4.78, 5) is 13.4. The normalized spacial score (nSPS) is 23.5. The van der Waals surface area contributed by atoms with Crippen molar-refractivity contribution in [2.24, 2.45) is 5.92 Å². The lowest BCUT2D eigenvalue weighted by Gasteiger charge is -2.33. The van der Waals surface area contributed by atoms with Crippen molar-refractivity contribution in [1.82, 2.24) is 5.32 Å². The summed E-state index contributed by atoms with van der Waals surface area (Å²) < 4.78 is 25.0. The molecule has 0 saturated carbocycles. The zero-order valence-electron chi connectivity index (χ0n) is 13.5. The Morgan fingerprint density at radius 1 is 1.28 bits per heavy atom. The quantitative estimate of drug-likeness (QED) is 0.858. The molecule has 2 heterocycles. The van der Waals surface area contributed by atoms with Crippen molar-refractivity contribution in [3.8, 4) is 6.07 Å². The van der Waals surface area contributed by atoms with E-state index >= 15 is 0 Å². The third-order valence-corrected chi connectivity index (χ3v) is 5.77. The molecule has 8 heteroatoms. The molecule has 1 aliphatic heterocycles. The fourth-order valence-electron chi connectivity index (χ4n) is 3.04. The number of hydrogen-bond donors (Lipinski definition) is 2. The summed E-state index contributed by atoms with van der Waals surface area (Å²) in [6.45, 7) is 0. The largest absolute Gasteiger partial charge is 0.348 e. The van der Waals surface area contributed by atoms with Crippen molar-refractivity contribution < 1.29 is 13.2 Å². The molecule has 0 aliphatic carbocycles. The molecule has 2 N–H and O–H groups in total. The predicted octanol–water partition coefficient (Wildman–Crippen LogP) is 2.60. The van der Waals surface area contributed by atoms with E-state index in [1.807, 2.05) is 17.5 Å². The first-order valence-corrected chi connectivity index (χ1v) is 10.5. The Labute approximate surface area is 150 Å². The standard InChI is InChI=1S/C17H17N3O3S2/c1-25(22,23)20-12-6-4-11(5-7-12)15-9-13(16-3-2-8-24-16)14(10-18)17(21)19-15/h2-8,13-15,20H,9H2,1H3,(H,19,21). The van der Waals surface area contributed by atoms with Crippen LogP contribution < -0.4 is 10.0 Å². The van der Waals surface area contributed by atoms with Crippen molar-refractivity contribution in [2.45, 2.75) is 18.4 Å². The molecule has 1 aliphatic rings. The Hall–Kier alpha value is -2.37. The van der Waals surface area contributed by atoms with Gasteiger partial charge in [-0.05, 0) is 35.6 Å². The molecule has 3 unspecified atom stereocenters. The average Bonchev–Trinajstić information content (AvgIpc) is 3.07. The van der Waals surface area contributed by atoms with E-state index in [1.165, 1.54) is 0 Å². The monoisotopic (exact) mass is 375 g/mol. The van der Waals surface area contributed by atoms with Crippen LogP contribution in [0.3, 0.4) is 0 Å². The number of nitriles is 1. The van der Waals surface area contributed by atoms with E-state index in [9.17, 15) is 18.5 Å². The highest BCUT2D eigenvalue weighted by Gasteiger charge is 2.38. The van der Waals surface area contributed by atoms with Crippen LogP contribution in [0, 0.1) is 17.2 Å². The number of anilines is 1. The second-order valence-electron chi connectivity index (χ2n) is 6.02. The van der Waals surface area contributed by atoms with Crippen molar-refractivity contribution in [3.63, 3.8) is 0 Å². The van der Waals surface area contributed by atoms with Gasteiger partial charge in [-0.1, -0.05) is 18.2 Å². The number of nitrogens with one attached hydrogen (secondary N) is 2. The summed E-state index contributed by atoms with van der Waals surface area (Å²) >= 11 is 1.55. The molecule has 0 radical (unpaired) electrons. The Balaban J connectivity index is 1.83. The van der Waals surface area contributed by atoms with Gasteiger partial charge in [-0.3, -0.25) is 9.52 Å². The van der Waals surface area contributed by atoms with Crippen LogP contribution in [0.2, 0.25) is 0 Å². The van der Waals surface area contributed by atoms with E-state index in [1.54, 1.807) is 35.6 Å². The van der Waals surface area contributed by atoms with E-state index in [0.29, 0.717) is 12.1 Å². The SMILES string of the molecule is CS(=O)(=O)Nc1ccc(C2CC(c3cccs3)C(C#N)C(=O)N2)cc1. The van der Waals surface area contributed by atoms with Crippen molar-refractivity contribution in [1.29, 1.82) is 5.26 Å². The molecule has 1 fully saturated rings. The summed E-state index contributed by atoms with van der Waals surface area (Å²) in [6.07, 6.45) is 1.72. The van der Waals surface area contributed by atoms with Gasteiger partial charge in [0.1, 0.15) is 5.92 Å². The molecular weight excluding hydrogens is 358 g/mol. The predicted molar refractivity (Wildman–Crippen MR) is 96.6 cm³/mol. The maximum atomic E-state index is 12.3. The Morgan fingerprint density at radius 2 is 2.00 bits per heavy atom. The molecule has 2 aromatic rings.